The number of hydrogen-bond donors (Lipinski definition) is 2. The van der Waals surface area contributed by atoms with Crippen molar-refractivity contribution in [2.45, 2.75) is 6.42 Å². The summed E-state index contributed by atoms with van der Waals surface area (Å²) in [4.78, 5) is 2.12. The molecule has 2 N–H and O–H groups in total. The monoisotopic (exact) mass is 213 g/mol. The standard InChI is InChI=1S/C5H12N.2CH4O.CH3.Ti/c1-4-5-6(2)3;2*1-2;;/h1,4-5H2,2-3H3;2*2H,1H3;1H3;/q-1;;;-1;+2. The largest absolute Gasteiger partial charge is 2.00 e. The first-order valence-electron chi connectivity index (χ1n) is 3.11. The van der Waals surface area contributed by atoms with Gasteiger partial charge in [-0.2, -0.15) is 6.42 Å². The summed E-state index contributed by atoms with van der Waals surface area (Å²) >= 11 is 0. The Hall–Kier alpha value is 0.594. The Morgan fingerprint density at radius 3 is 1.33 bits per heavy atom. The fourth-order valence-electron chi connectivity index (χ4n) is 0.316. The van der Waals surface area contributed by atoms with Gasteiger partial charge in [0, 0.05) is 14.2 Å². The molecule has 3 nitrogen and oxygen atoms in total. The minimum atomic E-state index is 0. The van der Waals surface area contributed by atoms with Crippen LogP contribution in [0.1, 0.15) is 6.42 Å². The molecule has 0 unspecified atom stereocenters. The maximum absolute atomic E-state index is 7.00. The Kier molecular flexibility index (Phi) is 102. The molecule has 0 radical (unpaired) electrons. The van der Waals surface area contributed by atoms with Crippen LogP contribution in [0.3, 0.4) is 0 Å². The van der Waals surface area contributed by atoms with E-state index in [-0.39, 0.29) is 29.1 Å². The van der Waals surface area contributed by atoms with Crippen molar-refractivity contribution < 1.29 is 31.9 Å². The van der Waals surface area contributed by atoms with E-state index < -0.39 is 0 Å². The van der Waals surface area contributed by atoms with Crippen LogP contribution in [-0.4, -0.2) is 50.0 Å². The Morgan fingerprint density at radius 2 is 1.33 bits per heavy atom. The van der Waals surface area contributed by atoms with E-state index in [0.29, 0.717) is 0 Å². The summed E-state index contributed by atoms with van der Waals surface area (Å²) in [5.41, 5.74) is 0. The van der Waals surface area contributed by atoms with Crippen LogP contribution in [-0.2, 0) is 21.7 Å². The predicted octanol–water partition coefficient (Wildman–Crippen LogP) is 0.437. The molecule has 0 heterocycles. The summed E-state index contributed by atoms with van der Waals surface area (Å²) in [6, 6.07) is 0. The molecule has 0 aromatic rings. The van der Waals surface area contributed by atoms with Crippen LogP contribution < -0.4 is 0 Å². The van der Waals surface area contributed by atoms with E-state index in [1.165, 1.54) is 0 Å². The Labute approximate surface area is 92.7 Å². The first-order chi connectivity index (χ1) is 4.77. The van der Waals surface area contributed by atoms with Crippen LogP contribution >= 0.6 is 0 Å². The van der Waals surface area contributed by atoms with Gasteiger partial charge < -0.3 is 29.5 Å². The molecule has 0 aliphatic rings. The minimum Gasteiger partial charge on any atom is -0.400 e. The molecule has 0 spiro atoms. The molecule has 0 fully saturated rings. The molecular weight excluding hydrogens is 190 g/mol. The van der Waals surface area contributed by atoms with Gasteiger partial charge in [0.05, 0.1) is 0 Å². The zero-order valence-corrected chi connectivity index (χ0v) is 10.5. The van der Waals surface area contributed by atoms with E-state index in [9.17, 15) is 0 Å². The van der Waals surface area contributed by atoms with Crippen LogP contribution in [0.5, 0.6) is 0 Å². The molecule has 0 aromatic carbocycles. The summed E-state index contributed by atoms with van der Waals surface area (Å²) in [6.07, 6.45) is 1.01. The van der Waals surface area contributed by atoms with Gasteiger partial charge in [0.2, 0.25) is 0 Å². The zero-order chi connectivity index (χ0) is 8.99. The second-order valence-electron chi connectivity index (χ2n) is 1.66. The number of nitrogens with zero attached hydrogens (tertiary/aromatic N) is 1. The normalized spacial score (nSPS) is 6.00. The summed E-state index contributed by atoms with van der Waals surface area (Å²) in [5.74, 6) is 0. The molecule has 0 aliphatic heterocycles. The summed E-state index contributed by atoms with van der Waals surface area (Å²) in [7, 11) is 6.09. The molecule has 0 aromatic heterocycles. The van der Waals surface area contributed by atoms with Gasteiger partial charge in [-0.25, -0.2) is 0 Å². The Bertz CT molecular complexity index is 38.2. The van der Waals surface area contributed by atoms with Crippen molar-refractivity contribution in [3.05, 3.63) is 14.4 Å². The summed E-state index contributed by atoms with van der Waals surface area (Å²) in [5, 5.41) is 14.0. The predicted molar refractivity (Wildman–Crippen MR) is 51.2 cm³/mol. The van der Waals surface area contributed by atoms with Crippen LogP contribution in [0.2, 0.25) is 0 Å². The van der Waals surface area contributed by atoms with Crippen molar-refractivity contribution in [1.29, 1.82) is 0 Å². The zero-order valence-electron chi connectivity index (χ0n) is 8.96. The minimum absolute atomic E-state index is 0. The Morgan fingerprint density at radius 1 is 1.08 bits per heavy atom. The van der Waals surface area contributed by atoms with E-state index in [1.54, 1.807) is 0 Å². The van der Waals surface area contributed by atoms with Crippen LogP contribution in [0.4, 0.5) is 0 Å². The van der Waals surface area contributed by atoms with E-state index in [0.717, 1.165) is 27.2 Å². The maximum atomic E-state index is 7.00. The molecule has 4 heteroatoms. The number of aliphatic hydroxyl groups excluding tert-OH is 2. The van der Waals surface area contributed by atoms with Gasteiger partial charge in [-0.05, 0) is 20.6 Å². The van der Waals surface area contributed by atoms with Crippen LogP contribution in [0.25, 0.3) is 0 Å². The van der Waals surface area contributed by atoms with Crippen LogP contribution in [0, 0.1) is 14.4 Å². The topological polar surface area (TPSA) is 43.7 Å². The Balaban J connectivity index is -0.0000000241. The van der Waals surface area contributed by atoms with E-state index in [1.807, 2.05) is 14.1 Å². The second kappa shape index (κ2) is 41.6. The smallest absolute Gasteiger partial charge is 0.400 e. The van der Waals surface area contributed by atoms with Crippen molar-refractivity contribution in [3.8, 4) is 0 Å². The fourth-order valence-corrected chi connectivity index (χ4v) is 0.316. The fraction of sp³-hybridized carbons (Fsp3) is 0.750. The maximum Gasteiger partial charge on any atom is 2.00 e. The van der Waals surface area contributed by atoms with E-state index >= 15 is 0 Å². The van der Waals surface area contributed by atoms with Gasteiger partial charge in [0.25, 0.3) is 0 Å². The molecule has 0 atom stereocenters. The summed E-state index contributed by atoms with van der Waals surface area (Å²) < 4.78 is 0. The third kappa shape index (κ3) is 75.5. The van der Waals surface area contributed by atoms with E-state index in [4.69, 9.17) is 10.2 Å². The SMILES string of the molecule is CO.CO.[CH2-]CCN(C)C.[CH3-].[Ti+2]. The molecule has 12 heavy (non-hydrogen) atoms. The van der Waals surface area contributed by atoms with Crippen LogP contribution in [0.15, 0.2) is 0 Å². The molecule has 0 aliphatic carbocycles. The van der Waals surface area contributed by atoms with E-state index in [2.05, 4.69) is 11.8 Å². The second-order valence-corrected chi connectivity index (χ2v) is 1.66. The number of aliphatic hydroxyl groups is 2. The van der Waals surface area contributed by atoms with Crippen molar-refractivity contribution >= 4 is 0 Å². The van der Waals surface area contributed by atoms with Crippen molar-refractivity contribution in [3.63, 3.8) is 0 Å². The van der Waals surface area contributed by atoms with Crippen molar-refractivity contribution in [1.82, 2.24) is 4.90 Å². The average molecular weight is 213 g/mol. The number of hydrogen-bond acceptors (Lipinski definition) is 3. The molecule has 0 saturated carbocycles. The molecule has 0 bridgehead atoms. The molecule has 0 saturated heterocycles. The first-order valence-corrected chi connectivity index (χ1v) is 3.11. The van der Waals surface area contributed by atoms with Gasteiger partial charge in [0.1, 0.15) is 0 Å². The number of rotatable bonds is 2. The quantitative estimate of drug-likeness (QED) is 0.516. The third-order valence-corrected chi connectivity index (χ3v) is 0.605. The van der Waals surface area contributed by atoms with Gasteiger partial charge in [-0.1, -0.05) is 0 Å². The molecule has 76 valence electrons. The molecular formula is C8H23NO2Ti. The van der Waals surface area contributed by atoms with Gasteiger partial charge >= 0.3 is 21.7 Å². The summed E-state index contributed by atoms with van der Waals surface area (Å²) in [6.45, 7) is 4.78. The van der Waals surface area contributed by atoms with Crippen molar-refractivity contribution in [2.24, 2.45) is 0 Å². The third-order valence-electron chi connectivity index (χ3n) is 0.605. The van der Waals surface area contributed by atoms with Gasteiger partial charge in [0.15, 0.2) is 0 Å². The average Bonchev–Trinajstić information content (AvgIpc) is 1.96. The first kappa shape index (κ1) is 29.4. The van der Waals surface area contributed by atoms with Gasteiger partial charge in [-0.15, -0.1) is 0 Å². The van der Waals surface area contributed by atoms with Crippen molar-refractivity contribution in [2.75, 3.05) is 34.9 Å². The van der Waals surface area contributed by atoms with Gasteiger partial charge in [-0.3, -0.25) is 0 Å². The molecule has 0 amide bonds. The molecule has 0 rings (SSSR count).